The number of rotatable bonds is 5. The first-order valence-corrected chi connectivity index (χ1v) is 6.12. The predicted molar refractivity (Wildman–Crippen MR) is 72.6 cm³/mol. The molecule has 4 heteroatoms. The van der Waals surface area contributed by atoms with Crippen LogP contribution in [0.25, 0.3) is 0 Å². The lowest BCUT2D eigenvalue weighted by Crippen LogP contribution is -1.97. The number of hydrogen-bond acceptors (Lipinski definition) is 3. The Hall–Kier alpha value is -2.38. The second kappa shape index (κ2) is 6.69. The van der Waals surface area contributed by atoms with Crippen molar-refractivity contribution < 1.29 is 13.9 Å². The van der Waals surface area contributed by atoms with Crippen LogP contribution in [0.5, 0.6) is 5.75 Å². The van der Waals surface area contributed by atoms with Gasteiger partial charge in [-0.05, 0) is 41.5 Å². The van der Waals surface area contributed by atoms with E-state index < -0.39 is 0 Å². The van der Waals surface area contributed by atoms with E-state index in [0.717, 1.165) is 11.3 Å². The van der Waals surface area contributed by atoms with Gasteiger partial charge in [0.05, 0.1) is 32.0 Å². The Bertz CT molecular complexity index is 617. The van der Waals surface area contributed by atoms with E-state index in [0.29, 0.717) is 17.7 Å². The zero-order valence-electron chi connectivity index (χ0n) is 11.1. The van der Waals surface area contributed by atoms with E-state index >= 15 is 0 Å². The van der Waals surface area contributed by atoms with Gasteiger partial charge in [0.1, 0.15) is 11.6 Å². The maximum absolute atomic E-state index is 13.1. The molecule has 20 heavy (non-hydrogen) atoms. The second-order valence-electron chi connectivity index (χ2n) is 4.25. The fraction of sp³-hybridized carbons (Fsp3) is 0.188. The highest BCUT2D eigenvalue weighted by Gasteiger charge is 2.04. The summed E-state index contributed by atoms with van der Waals surface area (Å²) >= 11 is 0. The molecule has 0 aromatic heterocycles. The lowest BCUT2D eigenvalue weighted by molar-refractivity contribution is 0.107. The van der Waals surface area contributed by atoms with Crippen LogP contribution in [0, 0.1) is 17.1 Å². The molecule has 2 rings (SSSR count). The molecule has 0 saturated carbocycles. The summed E-state index contributed by atoms with van der Waals surface area (Å²) < 4.78 is 23.7. The molecule has 0 N–H and O–H groups in total. The molecule has 0 fully saturated rings. The van der Waals surface area contributed by atoms with Gasteiger partial charge in [0.2, 0.25) is 0 Å². The van der Waals surface area contributed by atoms with Crippen molar-refractivity contribution in [3.63, 3.8) is 0 Å². The third-order valence-electron chi connectivity index (χ3n) is 2.87. The molecular formula is C16H14FNO2. The summed E-state index contributed by atoms with van der Waals surface area (Å²) in [4.78, 5) is 0. The van der Waals surface area contributed by atoms with Gasteiger partial charge in [-0.25, -0.2) is 4.39 Å². The van der Waals surface area contributed by atoms with E-state index in [1.54, 1.807) is 7.11 Å². The van der Waals surface area contributed by atoms with Gasteiger partial charge in [-0.1, -0.05) is 12.1 Å². The largest absolute Gasteiger partial charge is 0.497 e. The zero-order chi connectivity index (χ0) is 14.4. The highest BCUT2D eigenvalue weighted by atomic mass is 19.1. The third-order valence-corrected chi connectivity index (χ3v) is 2.87. The van der Waals surface area contributed by atoms with Crippen LogP contribution in [-0.4, -0.2) is 7.11 Å². The molecule has 102 valence electrons. The lowest BCUT2D eigenvalue weighted by atomic mass is 10.1. The van der Waals surface area contributed by atoms with Gasteiger partial charge in [-0.2, -0.15) is 5.26 Å². The summed E-state index contributed by atoms with van der Waals surface area (Å²) in [6.07, 6.45) is 0. The molecule has 0 bridgehead atoms. The molecule has 0 unspecified atom stereocenters. The normalized spacial score (nSPS) is 10.1. The SMILES string of the molecule is COc1ccc(COCc2cc(F)ccc2C#N)cc1. The Morgan fingerprint density at radius 3 is 2.50 bits per heavy atom. The molecule has 0 atom stereocenters. The van der Waals surface area contributed by atoms with Crippen LogP contribution >= 0.6 is 0 Å². The van der Waals surface area contributed by atoms with E-state index in [2.05, 4.69) is 0 Å². The molecule has 3 nitrogen and oxygen atoms in total. The van der Waals surface area contributed by atoms with Gasteiger partial charge >= 0.3 is 0 Å². The molecule has 0 spiro atoms. The number of methoxy groups -OCH3 is 1. The first kappa shape index (κ1) is 14.0. The van der Waals surface area contributed by atoms with Crippen LogP contribution < -0.4 is 4.74 Å². The molecule has 0 amide bonds. The fourth-order valence-corrected chi connectivity index (χ4v) is 1.79. The van der Waals surface area contributed by atoms with Crippen LogP contribution in [0.1, 0.15) is 16.7 Å². The summed E-state index contributed by atoms with van der Waals surface area (Å²) in [6.45, 7) is 0.595. The topological polar surface area (TPSA) is 42.2 Å². The first-order chi connectivity index (χ1) is 9.72. The molecule has 0 radical (unpaired) electrons. The van der Waals surface area contributed by atoms with Crippen molar-refractivity contribution in [1.82, 2.24) is 0 Å². The van der Waals surface area contributed by atoms with E-state index in [4.69, 9.17) is 14.7 Å². The number of benzene rings is 2. The summed E-state index contributed by atoms with van der Waals surface area (Å²) in [5.74, 6) is 0.415. The Balaban J connectivity index is 1.95. The van der Waals surface area contributed by atoms with Gasteiger partial charge in [-0.15, -0.1) is 0 Å². The van der Waals surface area contributed by atoms with Crippen molar-refractivity contribution in [2.45, 2.75) is 13.2 Å². The van der Waals surface area contributed by atoms with E-state index in [1.807, 2.05) is 30.3 Å². The molecule has 0 aliphatic carbocycles. The Kier molecular flexibility index (Phi) is 4.70. The quantitative estimate of drug-likeness (QED) is 0.836. The minimum atomic E-state index is -0.368. The van der Waals surface area contributed by atoms with Gasteiger partial charge < -0.3 is 9.47 Å². The van der Waals surface area contributed by atoms with E-state index in [1.165, 1.54) is 18.2 Å². The molecule has 0 saturated heterocycles. The van der Waals surface area contributed by atoms with E-state index in [-0.39, 0.29) is 12.4 Å². The fourth-order valence-electron chi connectivity index (χ4n) is 1.79. The molecule has 0 aliphatic heterocycles. The van der Waals surface area contributed by atoms with Crippen LogP contribution in [0.3, 0.4) is 0 Å². The van der Waals surface area contributed by atoms with Gasteiger partial charge in [0.15, 0.2) is 0 Å². The third kappa shape index (κ3) is 3.56. The van der Waals surface area contributed by atoms with E-state index in [9.17, 15) is 4.39 Å². The van der Waals surface area contributed by atoms with Crippen LogP contribution in [0.2, 0.25) is 0 Å². The van der Waals surface area contributed by atoms with Gasteiger partial charge in [0, 0.05) is 0 Å². The lowest BCUT2D eigenvalue weighted by Gasteiger charge is -2.07. The monoisotopic (exact) mass is 271 g/mol. The molecule has 0 aliphatic rings. The minimum absolute atomic E-state index is 0.201. The van der Waals surface area contributed by atoms with Crippen molar-refractivity contribution in [3.05, 3.63) is 65.0 Å². The Morgan fingerprint density at radius 1 is 1.10 bits per heavy atom. The molecule has 2 aromatic rings. The number of halogens is 1. The number of nitrogens with zero attached hydrogens (tertiary/aromatic N) is 1. The Labute approximate surface area is 117 Å². The van der Waals surface area contributed by atoms with Crippen LogP contribution in [0.15, 0.2) is 42.5 Å². The summed E-state index contributed by atoms with van der Waals surface area (Å²) in [5, 5.41) is 8.94. The molecule has 0 heterocycles. The smallest absolute Gasteiger partial charge is 0.123 e. The van der Waals surface area contributed by atoms with Crippen molar-refractivity contribution in [2.75, 3.05) is 7.11 Å². The number of ether oxygens (including phenoxy) is 2. The average Bonchev–Trinajstić information content (AvgIpc) is 2.48. The summed E-state index contributed by atoms with van der Waals surface area (Å²) in [6, 6.07) is 13.6. The number of nitriles is 1. The summed E-state index contributed by atoms with van der Waals surface area (Å²) in [5.41, 5.74) is 1.97. The summed E-state index contributed by atoms with van der Waals surface area (Å²) in [7, 11) is 1.61. The zero-order valence-corrected chi connectivity index (χ0v) is 11.1. The predicted octanol–water partition coefficient (Wildman–Crippen LogP) is 3.42. The van der Waals surface area contributed by atoms with Crippen molar-refractivity contribution >= 4 is 0 Å². The van der Waals surface area contributed by atoms with Crippen LogP contribution in [0.4, 0.5) is 4.39 Å². The first-order valence-electron chi connectivity index (χ1n) is 6.12. The average molecular weight is 271 g/mol. The highest BCUT2D eigenvalue weighted by Crippen LogP contribution is 2.15. The second-order valence-corrected chi connectivity index (χ2v) is 4.25. The standard InChI is InChI=1S/C16H14FNO2/c1-19-16-6-2-12(3-7-16)10-20-11-14-8-15(17)5-4-13(14)9-18/h2-8H,10-11H2,1H3. The maximum atomic E-state index is 13.1. The molecule has 2 aromatic carbocycles. The minimum Gasteiger partial charge on any atom is -0.497 e. The van der Waals surface area contributed by atoms with Gasteiger partial charge in [0.25, 0.3) is 0 Å². The maximum Gasteiger partial charge on any atom is 0.123 e. The Morgan fingerprint density at radius 2 is 1.85 bits per heavy atom. The number of hydrogen-bond donors (Lipinski definition) is 0. The van der Waals surface area contributed by atoms with Crippen molar-refractivity contribution in [2.24, 2.45) is 0 Å². The van der Waals surface area contributed by atoms with Crippen molar-refractivity contribution in [1.29, 1.82) is 5.26 Å². The highest BCUT2D eigenvalue weighted by molar-refractivity contribution is 5.37. The van der Waals surface area contributed by atoms with Crippen LogP contribution in [-0.2, 0) is 18.0 Å². The van der Waals surface area contributed by atoms with Crippen molar-refractivity contribution in [3.8, 4) is 11.8 Å². The molecular weight excluding hydrogens is 257 g/mol. The van der Waals surface area contributed by atoms with Gasteiger partial charge in [-0.3, -0.25) is 0 Å².